The van der Waals surface area contributed by atoms with Crippen LogP contribution in [0.25, 0.3) is 0 Å². The van der Waals surface area contributed by atoms with Crippen molar-refractivity contribution in [3.05, 3.63) is 34.1 Å². The van der Waals surface area contributed by atoms with E-state index in [4.69, 9.17) is 5.11 Å². The molecule has 0 aliphatic carbocycles. The first-order chi connectivity index (χ1) is 8.99. The van der Waals surface area contributed by atoms with Gasteiger partial charge in [-0.3, -0.25) is 14.9 Å². The van der Waals surface area contributed by atoms with E-state index < -0.39 is 22.6 Å². The van der Waals surface area contributed by atoms with Crippen LogP contribution in [0.1, 0.15) is 12.8 Å². The molecule has 1 saturated heterocycles. The van der Waals surface area contributed by atoms with E-state index in [0.29, 0.717) is 25.9 Å². The molecule has 1 fully saturated rings. The van der Waals surface area contributed by atoms with E-state index in [1.165, 1.54) is 0 Å². The highest BCUT2D eigenvalue weighted by Gasteiger charge is 2.28. The number of aliphatic carboxylic acids is 1. The molecule has 7 heteroatoms. The van der Waals surface area contributed by atoms with Crippen molar-refractivity contribution in [1.82, 2.24) is 0 Å². The molecule has 0 spiro atoms. The van der Waals surface area contributed by atoms with Crippen LogP contribution in [0.5, 0.6) is 0 Å². The quantitative estimate of drug-likeness (QED) is 0.669. The van der Waals surface area contributed by atoms with Gasteiger partial charge >= 0.3 is 5.97 Å². The summed E-state index contributed by atoms with van der Waals surface area (Å²) in [4.78, 5) is 22.9. The lowest BCUT2D eigenvalue weighted by Crippen LogP contribution is -2.36. The van der Waals surface area contributed by atoms with Gasteiger partial charge in [-0.25, -0.2) is 4.39 Å². The van der Waals surface area contributed by atoms with Crippen molar-refractivity contribution in [2.75, 3.05) is 18.0 Å². The molecular weight excluding hydrogens is 255 g/mol. The minimum Gasteiger partial charge on any atom is -0.481 e. The molecule has 0 amide bonds. The summed E-state index contributed by atoms with van der Waals surface area (Å²) in [5.41, 5.74) is 0.0593. The number of nitro groups is 1. The molecule has 1 N–H and O–H groups in total. The average molecular weight is 268 g/mol. The largest absolute Gasteiger partial charge is 0.481 e. The monoisotopic (exact) mass is 268 g/mol. The summed E-state index contributed by atoms with van der Waals surface area (Å²) in [6.07, 6.45) is 0.812. The first-order valence-electron chi connectivity index (χ1n) is 5.90. The second-order valence-corrected chi connectivity index (χ2v) is 4.49. The molecule has 19 heavy (non-hydrogen) atoms. The third-order valence-corrected chi connectivity index (χ3v) is 3.32. The average Bonchev–Trinajstić information content (AvgIpc) is 2.38. The minimum atomic E-state index is -0.853. The Hall–Kier alpha value is -2.18. The Balaban J connectivity index is 2.21. The lowest BCUT2D eigenvalue weighted by Gasteiger charge is -2.31. The smallest absolute Gasteiger partial charge is 0.306 e. The molecule has 0 atom stereocenters. The number of rotatable bonds is 3. The van der Waals surface area contributed by atoms with Gasteiger partial charge in [0.1, 0.15) is 11.5 Å². The van der Waals surface area contributed by atoms with Crippen LogP contribution in [-0.4, -0.2) is 29.1 Å². The second kappa shape index (κ2) is 5.21. The predicted octanol–water partition coefficient (Wildman–Crippen LogP) is 2.03. The van der Waals surface area contributed by atoms with Crippen LogP contribution >= 0.6 is 0 Å². The van der Waals surface area contributed by atoms with Crippen LogP contribution in [0, 0.1) is 21.8 Å². The van der Waals surface area contributed by atoms with Crippen LogP contribution in [0.2, 0.25) is 0 Å². The summed E-state index contributed by atoms with van der Waals surface area (Å²) in [5, 5.41) is 19.8. The molecule has 0 saturated carbocycles. The highest BCUT2D eigenvalue weighted by molar-refractivity contribution is 5.71. The number of anilines is 1. The van der Waals surface area contributed by atoms with Gasteiger partial charge in [-0.05, 0) is 18.9 Å². The number of carboxylic acids is 1. The molecular formula is C12H13FN2O4. The Labute approximate surface area is 108 Å². The standard InChI is InChI=1S/C12H13FN2O4/c13-9-1-2-10(15(18)19)11(7-9)14-5-3-8(4-6-14)12(16)17/h1-2,7-8H,3-6H2,(H,16,17). The highest BCUT2D eigenvalue weighted by atomic mass is 19.1. The Morgan fingerprint density at radius 3 is 2.58 bits per heavy atom. The van der Waals surface area contributed by atoms with Gasteiger partial charge in [-0.1, -0.05) is 0 Å². The number of carboxylic acid groups (broad SMARTS) is 1. The van der Waals surface area contributed by atoms with Crippen molar-refractivity contribution >= 4 is 17.3 Å². The number of nitro benzene ring substituents is 1. The van der Waals surface area contributed by atoms with E-state index >= 15 is 0 Å². The van der Waals surface area contributed by atoms with E-state index in [2.05, 4.69) is 0 Å². The van der Waals surface area contributed by atoms with Crippen LogP contribution < -0.4 is 4.90 Å². The molecule has 1 aromatic carbocycles. The molecule has 2 rings (SSSR count). The normalized spacial score (nSPS) is 16.4. The number of nitrogens with zero attached hydrogens (tertiary/aromatic N) is 2. The summed E-state index contributed by atoms with van der Waals surface area (Å²) in [6, 6.07) is 3.30. The fraction of sp³-hybridized carbons (Fsp3) is 0.417. The van der Waals surface area contributed by atoms with Crippen molar-refractivity contribution in [3.8, 4) is 0 Å². The maximum absolute atomic E-state index is 13.2. The summed E-state index contributed by atoms with van der Waals surface area (Å²) in [6.45, 7) is 0.753. The van der Waals surface area contributed by atoms with Gasteiger partial charge < -0.3 is 10.0 Å². The SMILES string of the molecule is O=C(O)C1CCN(c2cc(F)ccc2[N+](=O)[O-])CC1. The first kappa shape index (κ1) is 13.3. The van der Waals surface area contributed by atoms with Crippen molar-refractivity contribution in [1.29, 1.82) is 0 Å². The fourth-order valence-corrected chi connectivity index (χ4v) is 2.27. The summed E-state index contributed by atoms with van der Waals surface area (Å²) < 4.78 is 13.2. The Bertz CT molecular complexity index is 512. The molecule has 6 nitrogen and oxygen atoms in total. The van der Waals surface area contributed by atoms with E-state index in [-0.39, 0.29) is 11.4 Å². The third kappa shape index (κ3) is 2.81. The van der Waals surface area contributed by atoms with Crippen LogP contribution in [0.4, 0.5) is 15.8 Å². The number of halogens is 1. The molecule has 0 radical (unpaired) electrons. The predicted molar refractivity (Wildman–Crippen MR) is 65.6 cm³/mol. The van der Waals surface area contributed by atoms with Gasteiger partial charge in [0.25, 0.3) is 5.69 Å². The summed E-state index contributed by atoms with van der Waals surface area (Å²) in [5.74, 6) is -1.82. The van der Waals surface area contributed by atoms with E-state index in [0.717, 1.165) is 18.2 Å². The maximum atomic E-state index is 13.2. The molecule has 0 aromatic heterocycles. The van der Waals surface area contributed by atoms with Crippen molar-refractivity contribution in [2.45, 2.75) is 12.8 Å². The number of carbonyl (C=O) groups is 1. The van der Waals surface area contributed by atoms with E-state index in [1.54, 1.807) is 4.90 Å². The number of piperidine rings is 1. The van der Waals surface area contributed by atoms with Crippen LogP contribution in [0.15, 0.2) is 18.2 Å². The summed E-state index contributed by atoms with van der Waals surface area (Å²) >= 11 is 0. The van der Waals surface area contributed by atoms with Crippen molar-refractivity contribution in [3.63, 3.8) is 0 Å². The highest BCUT2D eigenvalue weighted by Crippen LogP contribution is 2.32. The molecule has 1 aliphatic heterocycles. The van der Waals surface area contributed by atoms with Crippen molar-refractivity contribution in [2.24, 2.45) is 5.92 Å². The van der Waals surface area contributed by atoms with Crippen molar-refractivity contribution < 1.29 is 19.2 Å². The van der Waals surface area contributed by atoms with Crippen LogP contribution in [0.3, 0.4) is 0 Å². The van der Waals surface area contributed by atoms with Gasteiger partial charge in [0.2, 0.25) is 0 Å². The Morgan fingerprint density at radius 1 is 1.42 bits per heavy atom. The number of hydrogen-bond acceptors (Lipinski definition) is 4. The lowest BCUT2D eigenvalue weighted by molar-refractivity contribution is -0.384. The second-order valence-electron chi connectivity index (χ2n) is 4.49. The van der Waals surface area contributed by atoms with Gasteiger partial charge in [0.05, 0.1) is 10.8 Å². The fourth-order valence-electron chi connectivity index (χ4n) is 2.27. The van der Waals surface area contributed by atoms with Crippen LogP contribution in [-0.2, 0) is 4.79 Å². The zero-order valence-corrected chi connectivity index (χ0v) is 10.1. The molecule has 0 unspecified atom stereocenters. The lowest BCUT2D eigenvalue weighted by atomic mass is 9.96. The maximum Gasteiger partial charge on any atom is 0.306 e. The zero-order chi connectivity index (χ0) is 14.0. The topological polar surface area (TPSA) is 83.7 Å². The first-order valence-corrected chi connectivity index (χ1v) is 5.90. The molecule has 1 aromatic rings. The summed E-state index contributed by atoms with van der Waals surface area (Å²) in [7, 11) is 0. The molecule has 0 bridgehead atoms. The molecule has 102 valence electrons. The molecule has 1 aliphatic rings. The Kier molecular flexibility index (Phi) is 3.64. The zero-order valence-electron chi connectivity index (χ0n) is 10.1. The number of hydrogen-bond donors (Lipinski definition) is 1. The van der Waals surface area contributed by atoms with E-state index in [1.807, 2.05) is 0 Å². The Morgan fingerprint density at radius 2 is 2.05 bits per heavy atom. The van der Waals surface area contributed by atoms with Gasteiger partial charge in [-0.2, -0.15) is 0 Å². The third-order valence-electron chi connectivity index (χ3n) is 3.32. The van der Waals surface area contributed by atoms with E-state index in [9.17, 15) is 19.3 Å². The molecule has 1 heterocycles. The number of benzene rings is 1. The van der Waals surface area contributed by atoms with Gasteiger partial charge in [0, 0.05) is 25.2 Å². The minimum absolute atomic E-state index is 0.157. The van der Waals surface area contributed by atoms with Gasteiger partial charge in [0.15, 0.2) is 0 Å². The van der Waals surface area contributed by atoms with Gasteiger partial charge in [-0.15, -0.1) is 0 Å².